The molecule has 110 valence electrons. The highest BCUT2D eigenvalue weighted by atomic mass is 16.2. The minimum Gasteiger partial charge on any atom is -0.326 e. The Morgan fingerprint density at radius 2 is 1.79 bits per heavy atom. The summed E-state index contributed by atoms with van der Waals surface area (Å²) >= 11 is 0. The molecule has 0 radical (unpaired) electrons. The smallest absolute Gasteiger partial charge is 0.241 e. The predicted molar refractivity (Wildman–Crippen MR) is 78.7 cm³/mol. The van der Waals surface area contributed by atoms with E-state index in [1.165, 1.54) is 6.42 Å². The minimum atomic E-state index is 0.0677. The fraction of sp³-hybridized carbons (Fsp3) is 0.938. The molecule has 2 rings (SSSR count). The highest BCUT2D eigenvalue weighted by Crippen LogP contribution is 2.47. The molecule has 3 heteroatoms. The summed E-state index contributed by atoms with van der Waals surface area (Å²) in [5.74, 6) is 0.334. The molecule has 0 bridgehead atoms. The van der Waals surface area contributed by atoms with Gasteiger partial charge in [-0.05, 0) is 36.5 Å². The molecule has 0 aromatic heterocycles. The molecule has 2 aliphatic rings. The zero-order valence-electron chi connectivity index (χ0n) is 13.3. The van der Waals surface area contributed by atoms with Crippen molar-refractivity contribution in [1.29, 1.82) is 0 Å². The normalized spacial score (nSPS) is 30.9. The van der Waals surface area contributed by atoms with Gasteiger partial charge in [-0.1, -0.05) is 41.0 Å². The number of carbonyl (C=O) groups is 1. The van der Waals surface area contributed by atoms with Gasteiger partial charge in [-0.25, -0.2) is 0 Å². The maximum atomic E-state index is 12.5. The number of carbonyl (C=O) groups excluding carboxylic acids is 1. The van der Waals surface area contributed by atoms with Gasteiger partial charge in [-0.15, -0.1) is 0 Å². The molecule has 1 N–H and O–H groups in total. The SMILES string of the molecule is CCCC1NCN(C2CC(C)(C)CC(C)(C)C2)C1=O. The third-order valence-corrected chi connectivity index (χ3v) is 4.64. The van der Waals surface area contributed by atoms with Crippen LogP contribution in [0.1, 0.15) is 66.7 Å². The lowest BCUT2D eigenvalue weighted by Crippen LogP contribution is -2.47. The van der Waals surface area contributed by atoms with E-state index in [4.69, 9.17) is 0 Å². The molecule has 1 heterocycles. The molecule has 2 fully saturated rings. The van der Waals surface area contributed by atoms with Crippen molar-refractivity contribution in [3.8, 4) is 0 Å². The van der Waals surface area contributed by atoms with Crippen molar-refractivity contribution in [2.24, 2.45) is 10.8 Å². The second-order valence-corrected chi connectivity index (χ2v) is 8.08. The van der Waals surface area contributed by atoms with E-state index in [1.807, 2.05) is 0 Å². The number of nitrogens with zero attached hydrogens (tertiary/aromatic N) is 1. The molecule has 1 saturated carbocycles. The monoisotopic (exact) mass is 266 g/mol. The molecular formula is C16H30N2O. The highest BCUT2D eigenvalue weighted by Gasteiger charge is 2.44. The molecule has 0 aromatic carbocycles. The maximum absolute atomic E-state index is 12.5. The van der Waals surface area contributed by atoms with E-state index in [9.17, 15) is 4.79 Å². The lowest BCUT2D eigenvalue weighted by molar-refractivity contribution is -0.133. The van der Waals surface area contributed by atoms with Crippen LogP contribution in [0.2, 0.25) is 0 Å². The van der Waals surface area contributed by atoms with Crippen molar-refractivity contribution in [1.82, 2.24) is 10.2 Å². The molecule has 0 spiro atoms. The molecule has 1 unspecified atom stereocenters. The molecule has 1 aliphatic heterocycles. The van der Waals surface area contributed by atoms with Crippen molar-refractivity contribution in [3.63, 3.8) is 0 Å². The van der Waals surface area contributed by atoms with Crippen LogP contribution in [0, 0.1) is 10.8 Å². The average molecular weight is 266 g/mol. The van der Waals surface area contributed by atoms with Crippen LogP contribution in [0.5, 0.6) is 0 Å². The van der Waals surface area contributed by atoms with Gasteiger partial charge in [0, 0.05) is 6.04 Å². The summed E-state index contributed by atoms with van der Waals surface area (Å²) in [6.07, 6.45) is 5.57. The fourth-order valence-electron chi connectivity index (χ4n) is 4.41. The van der Waals surface area contributed by atoms with E-state index in [1.54, 1.807) is 0 Å². The van der Waals surface area contributed by atoms with Crippen molar-refractivity contribution >= 4 is 5.91 Å². The van der Waals surface area contributed by atoms with Crippen LogP contribution in [0.3, 0.4) is 0 Å². The zero-order chi connectivity index (χ0) is 14.3. The summed E-state index contributed by atoms with van der Waals surface area (Å²) < 4.78 is 0. The van der Waals surface area contributed by atoms with Gasteiger partial charge in [0.1, 0.15) is 0 Å². The molecule has 0 aromatic rings. The van der Waals surface area contributed by atoms with Gasteiger partial charge in [-0.3, -0.25) is 10.1 Å². The van der Waals surface area contributed by atoms with Gasteiger partial charge in [0.2, 0.25) is 5.91 Å². The number of amides is 1. The van der Waals surface area contributed by atoms with Crippen LogP contribution in [0.25, 0.3) is 0 Å². The number of hydrogen-bond donors (Lipinski definition) is 1. The summed E-state index contributed by atoms with van der Waals surface area (Å²) in [6, 6.07) is 0.485. The van der Waals surface area contributed by atoms with Crippen LogP contribution in [0.4, 0.5) is 0 Å². The Hall–Kier alpha value is -0.570. The van der Waals surface area contributed by atoms with E-state index in [0.717, 1.165) is 32.4 Å². The average Bonchev–Trinajstić information content (AvgIpc) is 2.56. The third kappa shape index (κ3) is 3.31. The van der Waals surface area contributed by atoms with Crippen LogP contribution in [-0.4, -0.2) is 29.6 Å². The third-order valence-electron chi connectivity index (χ3n) is 4.64. The minimum absolute atomic E-state index is 0.0677. The Morgan fingerprint density at radius 3 is 2.32 bits per heavy atom. The lowest BCUT2D eigenvalue weighted by Gasteiger charge is -2.47. The largest absolute Gasteiger partial charge is 0.326 e. The van der Waals surface area contributed by atoms with Crippen molar-refractivity contribution in [2.75, 3.05) is 6.67 Å². The van der Waals surface area contributed by atoms with E-state index >= 15 is 0 Å². The second kappa shape index (κ2) is 5.08. The Bertz CT molecular complexity index is 333. The highest BCUT2D eigenvalue weighted by molar-refractivity contribution is 5.84. The van der Waals surface area contributed by atoms with E-state index in [2.05, 4.69) is 44.8 Å². The topological polar surface area (TPSA) is 32.3 Å². The second-order valence-electron chi connectivity index (χ2n) is 8.08. The van der Waals surface area contributed by atoms with Crippen molar-refractivity contribution < 1.29 is 4.79 Å². The van der Waals surface area contributed by atoms with Gasteiger partial charge in [0.25, 0.3) is 0 Å². The first kappa shape index (κ1) is 14.8. The van der Waals surface area contributed by atoms with Crippen molar-refractivity contribution in [3.05, 3.63) is 0 Å². The standard InChI is InChI=1S/C16H30N2O/c1-6-7-13-14(19)18(11-17-13)12-8-15(2,3)10-16(4,5)9-12/h12-13,17H,6-11H2,1-5H3. The van der Waals surface area contributed by atoms with Gasteiger partial charge in [0.05, 0.1) is 12.7 Å². The Balaban J connectivity index is 2.08. The number of hydrogen-bond acceptors (Lipinski definition) is 2. The van der Waals surface area contributed by atoms with Gasteiger partial charge < -0.3 is 4.90 Å². The van der Waals surface area contributed by atoms with Crippen LogP contribution < -0.4 is 5.32 Å². The summed E-state index contributed by atoms with van der Waals surface area (Å²) in [4.78, 5) is 14.6. The zero-order valence-corrected chi connectivity index (χ0v) is 13.3. The Labute approximate surface area is 118 Å². The summed E-state index contributed by atoms with van der Waals surface area (Å²) in [5, 5.41) is 3.39. The van der Waals surface area contributed by atoms with Crippen LogP contribution in [-0.2, 0) is 4.79 Å². The molecule has 1 saturated heterocycles. The number of nitrogens with one attached hydrogen (secondary N) is 1. The molecule has 3 nitrogen and oxygen atoms in total. The summed E-state index contributed by atoms with van der Waals surface area (Å²) in [7, 11) is 0. The molecule has 1 aliphatic carbocycles. The van der Waals surface area contributed by atoms with Gasteiger partial charge >= 0.3 is 0 Å². The first-order valence-electron chi connectivity index (χ1n) is 7.78. The molecule has 1 atom stereocenters. The van der Waals surface area contributed by atoms with Gasteiger partial charge in [0.15, 0.2) is 0 Å². The fourth-order valence-corrected chi connectivity index (χ4v) is 4.41. The quantitative estimate of drug-likeness (QED) is 0.851. The Kier molecular flexibility index (Phi) is 3.97. The first-order chi connectivity index (χ1) is 8.74. The first-order valence-corrected chi connectivity index (χ1v) is 7.78. The molecule has 19 heavy (non-hydrogen) atoms. The van der Waals surface area contributed by atoms with Crippen molar-refractivity contribution in [2.45, 2.75) is 78.8 Å². The van der Waals surface area contributed by atoms with E-state index < -0.39 is 0 Å². The van der Waals surface area contributed by atoms with E-state index in [-0.39, 0.29) is 6.04 Å². The number of rotatable bonds is 3. The van der Waals surface area contributed by atoms with Crippen LogP contribution >= 0.6 is 0 Å². The summed E-state index contributed by atoms with van der Waals surface area (Å²) in [5.41, 5.74) is 0.686. The predicted octanol–water partition coefficient (Wildman–Crippen LogP) is 3.15. The molecular weight excluding hydrogens is 236 g/mol. The van der Waals surface area contributed by atoms with E-state index in [0.29, 0.717) is 22.8 Å². The van der Waals surface area contributed by atoms with Crippen LogP contribution in [0.15, 0.2) is 0 Å². The summed E-state index contributed by atoms with van der Waals surface area (Å²) in [6.45, 7) is 12.3. The maximum Gasteiger partial charge on any atom is 0.241 e. The Morgan fingerprint density at radius 1 is 1.21 bits per heavy atom. The molecule has 1 amide bonds. The van der Waals surface area contributed by atoms with Gasteiger partial charge in [-0.2, -0.15) is 0 Å². The lowest BCUT2D eigenvalue weighted by atomic mass is 9.63.